The highest BCUT2D eigenvalue weighted by Crippen LogP contribution is 2.25. The highest BCUT2D eigenvalue weighted by atomic mass is 16.6. The van der Waals surface area contributed by atoms with Crippen LogP contribution in [0.3, 0.4) is 0 Å². The van der Waals surface area contributed by atoms with Crippen molar-refractivity contribution in [1.29, 1.82) is 0 Å². The number of benzene rings is 2. The van der Waals surface area contributed by atoms with E-state index in [1.165, 1.54) is 11.8 Å². The second-order valence-corrected chi connectivity index (χ2v) is 6.46. The zero-order valence-corrected chi connectivity index (χ0v) is 15.6. The number of methoxy groups -OCH3 is 1. The molecule has 1 aliphatic heterocycles. The average molecular weight is 394 g/mol. The van der Waals surface area contributed by atoms with E-state index in [0.717, 1.165) is 4.90 Å². The summed E-state index contributed by atoms with van der Waals surface area (Å²) < 4.78 is 11.2. The number of carbonyl (C=O) groups is 2. The Morgan fingerprint density at radius 3 is 2.62 bits per heavy atom. The van der Waals surface area contributed by atoms with E-state index in [1.54, 1.807) is 36.4 Å². The molecule has 3 aromatic rings. The molecule has 2 aromatic carbocycles. The van der Waals surface area contributed by atoms with Crippen molar-refractivity contribution >= 4 is 17.5 Å². The van der Waals surface area contributed by atoms with Crippen LogP contribution in [-0.2, 0) is 16.1 Å². The molecule has 1 fully saturated rings. The number of nitrogens with zero attached hydrogens (tertiary/aromatic N) is 3. The van der Waals surface area contributed by atoms with Crippen molar-refractivity contribution in [3.05, 3.63) is 60.3 Å². The summed E-state index contributed by atoms with van der Waals surface area (Å²) >= 11 is 0. The predicted molar refractivity (Wildman–Crippen MR) is 98.2 cm³/mol. The third-order valence-electron chi connectivity index (χ3n) is 4.69. The molecular weight excluding hydrogens is 376 g/mol. The molecule has 1 N–H and O–H groups in total. The van der Waals surface area contributed by atoms with Gasteiger partial charge in [0.05, 0.1) is 37.1 Å². The Kier molecular flexibility index (Phi) is 4.96. The molecule has 9 nitrogen and oxygen atoms in total. The van der Waals surface area contributed by atoms with E-state index in [2.05, 4.69) is 10.6 Å². The van der Waals surface area contributed by atoms with Gasteiger partial charge >= 0.3 is 0 Å². The van der Waals surface area contributed by atoms with Crippen molar-refractivity contribution in [3.8, 4) is 17.4 Å². The van der Waals surface area contributed by atoms with Crippen molar-refractivity contribution in [2.45, 2.75) is 19.0 Å². The number of carbonyl (C=O) groups excluding carboxylic acids is 2. The van der Waals surface area contributed by atoms with Crippen molar-refractivity contribution in [3.63, 3.8) is 0 Å². The Morgan fingerprint density at radius 2 is 1.93 bits per heavy atom. The summed E-state index contributed by atoms with van der Waals surface area (Å²) in [5.74, 6) is -0.676. The quantitative estimate of drug-likeness (QED) is 0.477. The molecule has 2 heterocycles. The Balaban J connectivity index is 1.49. The number of nitrogens with one attached hydrogen (secondary N) is 1. The number of amides is 2. The summed E-state index contributed by atoms with van der Waals surface area (Å²) in [7, 11) is 1.54. The summed E-state index contributed by atoms with van der Waals surface area (Å²) in [4.78, 5) is 26.3. The lowest BCUT2D eigenvalue weighted by Gasteiger charge is -2.15. The molecule has 0 saturated carbocycles. The molecule has 0 aliphatic carbocycles. The van der Waals surface area contributed by atoms with E-state index >= 15 is 0 Å². The summed E-state index contributed by atoms with van der Waals surface area (Å²) in [6, 6.07) is 14.9. The van der Waals surface area contributed by atoms with Gasteiger partial charge < -0.3 is 14.4 Å². The minimum absolute atomic E-state index is 0.00430. The highest BCUT2D eigenvalue weighted by molar-refractivity contribution is 6.22. The molecule has 29 heavy (non-hydrogen) atoms. The van der Waals surface area contributed by atoms with Gasteiger partial charge in [-0.15, -0.1) is 0 Å². The lowest BCUT2D eigenvalue weighted by atomic mass is 10.2. The third-order valence-corrected chi connectivity index (χ3v) is 4.69. The predicted octanol–water partition coefficient (Wildman–Crippen LogP) is 0.455. The first-order chi connectivity index (χ1) is 14.1. The number of hydrogen-bond acceptors (Lipinski definition) is 7. The number of rotatable bonds is 6. The molecule has 0 bridgehead atoms. The lowest BCUT2D eigenvalue weighted by molar-refractivity contribution is -0.677. The fourth-order valence-electron chi connectivity index (χ4n) is 3.20. The van der Waals surface area contributed by atoms with E-state index in [4.69, 9.17) is 9.26 Å². The molecule has 4 rings (SSSR count). The van der Waals surface area contributed by atoms with Crippen LogP contribution in [0.1, 0.15) is 12.1 Å². The maximum atomic E-state index is 12.8. The molecule has 0 radical (unpaired) electrons. The molecule has 1 unspecified atom stereocenters. The highest BCUT2D eigenvalue weighted by Gasteiger charge is 2.39. The number of para-hydroxylation sites is 1. The van der Waals surface area contributed by atoms with Crippen LogP contribution in [0.5, 0.6) is 11.7 Å². The van der Waals surface area contributed by atoms with Crippen molar-refractivity contribution in [2.24, 2.45) is 0 Å². The van der Waals surface area contributed by atoms with Gasteiger partial charge in [-0.05, 0) is 28.9 Å². The average Bonchev–Trinajstić information content (AvgIpc) is 3.25. The largest absolute Gasteiger partial charge is 0.539 e. The van der Waals surface area contributed by atoms with E-state index < -0.39 is 12.0 Å². The molecule has 0 spiro atoms. The zero-order chi connectivity index (χ0) is 20.4. The standard InChI is InChI=1S/C20H18N4O5/c1-28-15-9-7-13(8-10-15)23-18(25)11-16(19(23)26)21-12-17-20(27)29-22-24(17)14-5-3-2-4-6-14/h2-10,16,21H,11-12H2,1H3. The topological polar surface area (TPSA) is 112 Å². The van der Waals surface area contributed by atoms with E-state index in [0.29, 0.717) is 17.1 Å². The van der Waals surface area contributed by atoms with Gasteiger partial charge in [-0.25, -0.2) is 4.90 Å². The summed E-state index contributed by atoms with van der Waals surface area (Å²) in [6.45, 7) is 0.0252. The number of hydrogen-bond donors (Lipinski definition) is 1. The summed E-state index contributed by atoms with van der Waals surface area (Å²) in [5.41, 5.74) is 1.36. The first-order valence-electron chi connectivity index (χ1n) is 8.96. The fourth-order valence-corrected chi connectivity index (χ4v) is 3.20. The molecule has 2 amide bonds. The van der Waals surface area contributed by atoms with E-state index in [-0.39, 0.29) is 30.5 Å². The van der Waals surface area contributed by atoms with Gasteiger partial charge in [-0.1, -0.05) is 18.2 Å². The van der Waals surface area contributed by atoms with Crippen LogP contribution >= 0.6 is 0 Å². The van der Waals surface area contributed by atoms with Crippen LogP contribution in [0.2, 0.25) is 0 Å². The van der Waals surface area contributed by atoms with Crippen LogP contribution in [-0.4, -0.2) is 30.2 Å². The van der Waals surface area contributed by atoms with Crippen molar-refractivity contribution in [2.75, 3.05) is 12.0 Å². The minimum Gasteiger partial charge on any atom is -0.539 e. The maximum Gasteiger partial charge on any atom is 0.253 e. The smallest absolute Gasteiger partial charge is 0.253 e. The fraction of sp³-hybridized carbons (Fsp3) is 0.200. The normalized spacial score (nSPS) is 16.4. The first kappa shape index (κ1) is 18.6. The SMILES string of the molecule is COc1ccc(N2C(=O)CC(NCc3c([O-])on[n+]3-c3ccccc3)C2=O)cc1. The lowest BCUT2D eigenvalue weighted by Crippen LogP contribution is -2.43. The van der Waals surface area contributed by atoms with Gasteiger partial charge in [0.1, 0.15) is 5.75 Å². The molecule has 1 aromatic heterocycles. The minimum atomic E-state index is -0.747. The van der Waals surface area contributed by atoms with Gasteiger partial charge in [0, 0.05) is 12.1 Å². The zero-order valence-electron chi connectivity index (χ0n) is 15.6. The van der Waals surface area contributed by atoms with Gasteiger partial charge in [0.15, 0.2) is 5.95 Å². The van der Waals surface area contributed by atoms with Gasteiger partial charge in [0.2, 0.25) is 11.6 Å². The van der Waals surface area contributed by atoms with E-state index in [1.807, 2.05) is 18.2 Å². The molecule has 148 valence electrons. The Morgan fingerprint density at radius 1 is 1.21 bits per heavy atom. The van der Waals surface area contributed by atoms with Crippen molar-refractivity contribution < 1.29 is 28.6 Å². The molecule has 1 atom stereocenters. The van der Waals surface area contributed by atoms with Gasteiger partial charge in [-0.2, -0.15) is 0 Å². The molecule has 9 heteroatoms. The molecule has 1 saturated heterocycles. The second kappa shape index (κ2) is 7.72. The number of aromatic nitrogens is 2. The number of ether oxygens (including phenoxy) is 1. The Hall–Kier alpha value is -3.72. The first-order valence-corrected chi connectivity index (χ1v) is 8.96. The van der Waals surface area contributed by atoms with Crippen molar-refractivity contribution in [1.82, 2.24) is 10.6 Å². The van der Waals surface area contributed by atoms with Gasteiger partial charge in [0.25, 0.3) is 11.6 Å². The monoisotopic (exact) mass is 394 g/mol. The molecular formula is C20H18N4O5. The van der Waals surface area contributed by atoms with Crippen LogP contribution < -0.4 is 24.7 Å². The van der Waals surface area contributed by atoms with Gasteiger partial charge in [-0.3, -0.25) is 14.9 Å². The maximum absolute atomic E-state index is 12.8. The Labute approximate surface area is 166 Å². The summed E-state index contributed by atoms with van der Waals surface area (Å²) in [6.07, 6.45) is -0.00430. The van der Waals surface area contributed by atoms with Crippen LogP contribution in [0, 0.1) is 0 Å². The second-order valence-electron chi connectivity index (χ2n) is 6.46. The summed E-state index contributed by atoms with van der Waals surface area (Å²) in [5, 5.41) is 18.8. The third kappa shape index (κ3) is 3.55. The van der Waals surface area contributed by atoms with Crippen LogP contribution in [0.15, 0.2) is 59.1 Å². The van der Waals surface area contributed by atoms with E-state index in [9.17, 15) is 14.7 Å². The number of anilines is 1. The van der Waals surface area contributed by atoms with Crippen LogP contribution in [0.4, 0.5) is 5.69 Å². The Bertz CT molecular complexity index is 1030. The molecule has 1 aliphatic rings. The van der Waals surface area contributed by atoms with Crippen LogP contribution in [0.25, 0.3) is 5.69 Å². The number of imide groups is 1.